The molecule has 0 spiro atoms. The lowest BCUT2D eigenvalue weighted by Gasteiger charge is -2.18. The number of rotatable bonds is 9. The predicted molar refractivity (Wildman–Crippen MR) is 86.6 cm³/mol. The molecule has 0 atom stereocenters. The van der Waals surface area contributed by atoms with E-state index in [0.717, 1.165) is 31.5 Å². The molecule has 0 saturated heterocycles. The Hall–Kier alpha value is -1.35. The molecule has 0 bridgehead atoms. The van der Waals surface area contributed by atoms with Crippen LogP contribution in [0, 0.1) is 12.3 Å². The fourth-order valence-corrected chi connectivity index (χ4v) is 3.34. The minimum atomic E-state index is -3.48. The standard InChI is InChI=1S/C16H24N2O2S/c1-4-12-17-13-11-15-7-9-16(10-8-15)21(19,20)18(6-3)14-5-2/h2,7-10,17H,4,6,11-14H2,1,3H3. The van der Waals surface area contributed by atoms with Crippen LogP contribution in [0.15, 0.2) is 29.2 Å². The third-order valence-corrected chi connectivity index (χ3v) is 5.13. The Bertz CT molecular complexity index is 559. The van der Waals surface area contributed by atoms with E-state index in [0.29, 0.717) is 11.4 Å². The molecule has 1 N–H and O–H groups in total. The van der Waals surface area contributed by atoms with Crippen LogP contribution in [0.1, 0.15) is 25.8 Å². The van der Waals surface area contributed by atoms with Gasteiger partial charge < -0.3 is 5.32 Å². The maximum absolute atomic E-state index is 12.4. The lowest BCUT2D eigenvalue weighted by atomic mass is 10.1. The molecule has 0 radical (unpaired) electrons. The molecule has 0 aromatic heterocycles. The van der Waals surface area contributed by atoms with E-state index in [1.54, 1.807) is 19.1 Å². The summed E-state index contributed by atoms with van der Waals surface area (Å²) < 4.78 is 26.1. The number of hydrogen-bond acceptors (Lipinski definition) is 3. The largest absolute Gasteiger partial charge is 0.316 e. The van der Waals surface area contributed by atoms with Gasteiger partial charge in [-0.15, -0.1) is 6.42 Å². The zero-order valence-electron chi connectivity index (χ0n) is 12.8. The summed E-state index contributed by atoms with van der Waals surface area (Å²) in [6.45, 7) is 6.28. The first kappa shape index (κ1) is 17.7. The predicted octanol–water partition coefficient (Wildman–Crippen LogP) is 1.87. The Morgan fingerprint density at radius 1 is 1.19 bits per heavy atom. The third-order valence-electron chi connectivity index (χ3n) is 3.20. The average Bonchev–Trinajstić information content (AvgIpc) is 2.49. The first-order valence-corrected chi connectivity index (χ1v) is 8.73. The van der Waals surface area contributed by atoms with Crippen molar-refractivity contribution in [3.8, 4) is 12.3 Å². The van der Waals surface area contributed by atoms with Crippen molar-refractivity contribution >= 4 is 10.0 Å². The van der Waals surface area contributed by atoms with Crippen molar-refractivity contribution in [2.75, 3.05) is 26.2 Å². The van der Waals surface area contributed by atoms with E-state index >= 15 is 0 Å². The van der Waals surface area contributed by atoms with Crippen molar-refractivity contribution in [3.05, 3.63) is 29.8 Å². The monoisotopic (exact) mass is 308 g/mol. The van der Waals surface area contributed by atoms with Gasteiger partial charge in [0, 0.05) is 6.54 Å². The van der Waals surface area contributed by atoms with Crippen LogP contribution in [0.5, 0.6) is 0 Å². The van der Waals surface area contributed by atoms with Crippen LogP contribution in [0.4, 0.5) is 0 Å². The SMILES string of the molecule is C#CCN(CC)S(=O)(=O)c1ccc(CCNCCC)cc1. The molecule has 0 aliphatic rings. The van der Waals surface area contributed by atoms with Gasteiger partial charge in [-0.3, -0.25) is 0 Å². The first-order chi connectivity index (χ1) is 10.1. The van der Waals surface area contributed by atoms with E-state index in [9.17, 15) is 8.42 Å². The Balaban J connectivity index is 2.75. The van der Waals surface area contributed by atoms with E-state index in [2.05, 4.69) is 18.2 Å². The Labute approximate surface area is 128 Å². The zero-order valence-corrected chi connectivity index (χ0v) is 13.6. The van der Waals surface area contributed by atoms with Crippen molar-refractivity contribution in [1.82, 2.24) is 9.62 Å². The maximum Gasteiger partial charge on any atom is 0.243 e. The first-order valence-electron chi connectivity index (χ1n) is 7.29. The number of hydrogen-bond donors (Lipinski definition) is 1. The fourth-order valence-electron chi connectivity index (χ4n) is 1.98. The van der Waals surface area contributed by atoms with Gasteiger partial charge >= 0.3 is 0 Å². The minimum Gasteiger partial charge on any atom is -0.316 e. The number of terminal acetylenes is 1. The molecule has 116 valence electrons. The lowest BCUT2D eigenvalue weighted by molar-refractivity contribution is 0.464. The number of nitrogens with zero attached hydrogens (tertiary/aromatic N) is 1. The molecule has 0 heterocycles. The molecule has 1 aromatic carbocycles. The Kier molecular flexibility index (Phi) is 7.44. The van der Waals surface area contributed by atoms with Gasteiger partial charge in [0.25, 0.3) is 0 Å². The summed E-state index contributed by atoms with van der Waals surface area (Å²) in [4.78, 5) is 0.296. The van der Waals surface area contributed by atoms with Gasteiger partial charge in [-0.05, 0) is 43.6 Å². The van der Waals surface area contributed by atoms with Gasteiger partial charge in [0.1, 0.15) is 0 Å². The summed E-state index contributed by atoms with van der Waals surface area (Å²) in [7, 11) is -3.48. The van der Waals surface area contributed by atoms with E-state index in [1.807, 2.05) is 12.1 Å². The van der Waals surface area contributed by atoms with Crippen molar-refractivity contribution in [2.45, 2.75) is 31.6 Å². The van der Waals surface area contributed by atoms with E-state index in [4.69, 9.17) is 6.42 Å². The second kappa shape index (κ2) is 8.83. The average molecular weight is 308 g/mol. The van der Waals surface area contributed by atoms with Gasteiger partial charge in [0.05, 0.1) is 11.4 Å². The molecule has 0 saturated carbocycles. The Morgan fingerprint density at radius 3 is 2.38 bits per heavy atom. The van der Waals surface area contributed by atoms with Gasteiger partial charge in [-0.2, -0.15) is 4.31 Å². The lowest BCUT2D eigenvalue weighted by Crippen LogP contribution is -2.31. The highest BCUT2D eigenvalue weighted by Gasteiger charge is 2.21. The van der Waals surface area contributed by atoms with Crippen LogP contribution in [0.3, 0.4) is 0 Å². The number of nitrogens with one attached hydrogen (secondary N) is 1. The molecular weight excluding hydrogens is 284 g/mol. The molecular formula is C16H24N2O2S. The normalized spacial score (nSPS) is 11.5. The van der Waals surface area contributed by atoms with Crippen LogP contribution in [-0.2, 0) is 16.4 Å². The summed E-state index contributed by atoms with van der Waals surface area (Å²) >= 11 is 0. The van der Waals surface area contributed by atoms with Crippen molar-refractivity contribution in [1.29, 1.82) is 0 Å². The molecule has 0 aliphatic carbocycles. The van der Waals surface area contributed by atoms with Gasteiger partial charge in [0.15, 0.2) is 0 Å². The van der Waals surface area contributed by atoms with E-state index in [1.165, 1.54) is 4.31 Å². The highest BCUT2D eigenvalue weighted by atomic mass is 32.2. The second-order valence-corrected chi connectivity index (χ2v) is 6.72. The molecule has 0 amide bonds. The molecule has 1 aromatic rings. The molecule has 21 heavy (non-hydrogen) atoms. The summed E-state index contributed by atoms with van der Waals surface area (Å²) in [6, 6.07) is 7.04. The van der Waals surface area contributed by atoms with E-state index < -0.39 is 10.0 Å². The van der Waals surface area contributed by atoms with Crippen molar-refractivity contribution in [3.63, 3.8) is 0 Å². The van der Waals surface area contributed by atoms with Crippen LogP contribution in [0.25, 0.3) is 0 Å². The van der Waals surface area contributed by atoms with Crippen LogP contribution in [0.2, 0.25) is 0 Å². The van der Waals surface area contributed by atoms with Crippen LogP contribution < -0.4 is 5.32 Å². The topological polar surface area (TPSA) is 49.4 Å². The van der Waals surface area contributed by atoms with Gasteiger partial charge in [-0.25, -0.2) is 8.42 Å². The van der Waals surface area contributed by atoms with Crippen molar-refractivity contribution in [2.24, 2.45) is 0 Å². The molecule has 4 nitrogen and oxygen atoms in total. The second-order valence-electron chi connectivity index (χ2n) is 4.78. The summed E-state index contributed by atoms with van der Waals surface area (Å²) in [5.41, 5.74) is 1.12. The zero-order chi connectivity index (χ0) is 15.7. The summed E-state index contributed by atoms with van der Waals surface area (Å²) in [6.07, 6.45) is 7.22. The molecule has 0 unspecified atom stereocenters. The number of benzene rings is 1. The van der Waals surface area contributed by atoms with Gasteiger partial charge in [-0.1, -0.05) is 31.9 Å². The van der Waals surface area contributed by atoms with E-state index in [-0.39, 0.29) is 6.54 Å². The Morgan fingerprint density at radius 2 is 1.86 bits per heavy atom. The highest BCUT2D eigenvalue weighted by Crippen LogP contribution is 2.16. The third kappa shape index (κ3) is 5.16. The summed E-state index contributed by atoms with van der Waals surface area (Å²) in [5, 5.41) is 3.32. The smallest absolute Gasteiger partial charge is 0.243 e. The van der Waals surface area contributed by atoms with Gasteiger partial charge in [0.2, 0.25) is 10.0 Å². The van der Waals surface area contributed by atoms with Crippen LogP contribution in [-0.4, -0.2) is 38.9 Å². The molecule has 5 heteroatoms. The quantitative estimate of drug-likeness (QED) is 0.560. The highest BCUT2D eigenvalue weighted by molar-refractivity contribution is 7.89. The summed E-state index contributed by atoms with van der Waals surface area (Å²) in [5.74, 6) is 2.38. The maximum atomic E-state index is 12.4. The van der Waals surface area contributed by atoms with Crippen molar-refractivity contribution < 1.29 is 8.42 Å². The fraction of sp³-hybridized carbons (Fsp3) is 0.500. The molecule has 0 fully saturated rings. The minimum absolute atomic E-state index is 0.0987. The van der Waals surface area contributed by atoms with Crippen LogP contribution >= 0.6 is 0 Å². The molecule has 1 rings (SSSR count). The molecule has 0 aliphatic heterocycles. The number of sulfonamides is 1.